The van der Waals surface area contributed by atoms with E-state index in [0.717, 1.165) is 5.69 Å². The molecule has 0 aromatic carbocycles. The molecule has 0 saturated heterocycles. The Bertz CT molecular complexity index is 254. The zero-order valence-corrected chi connectivity index (χ0v) is 8.50. The van der Waals surface area contributed by atoms with Gasteiger partial charge < -0.3 is 4.74 Å². The van der Waals surface area contributed by atoms with Gasteiger partial charge in [0.25, 0.3) is 0 Å². The lowest BCUT2D eigenvalue weighted by Gasteiger charge is -1.98. The first kappa shape index (κ1) is 11.6. The van der Waals surface area contributed by atoms with Gasteiger partial charge in [0.05, 0.1) is 6.20 Å². The van der Waals surface area contributed by atoms with Gasteiger partial charge >= 0.3 is 5.97 Å². The first-order chi connectivity index (χ1) is 6.18. The number of hydrogen-bond acceptors (Lipinski definition) is 3. The second-order valence-corrected chi connectivity index (χ2v) is 2.23. The molecule has 0 aliphatic rings. The van der Waals surface area contributed by atoms with Crippen LogP contribution in [-0.2, 0) is 4.79 Å². The van der Waals surface area contributed by atoms with Crippen molar-refractivity contribution < 1.29 is 9.53 Å². The van der Waals surface area contributed by atoms with E-state index in [2.05, 4.69) is 4.98 Å². The van der Waals surface area contributed by atoms with E-state index in [4.69, 9.17) is 4.74 Å². The summed E-state index contributed by atoms with van der Waals surface area (Å²) < 4.78 is 4.77. The van der Waals surface area contributed by atoms with Crippen molar-refractivity contribution in [2.45, 2.75) is 27.7 Å². The topological polar surface area (TPSA) is 39.2 Å². The second-order valence-electron chi connectivity index (χ2n) is 2.23. The van der Waals surface area contributed by atoms with Crippen LogP contribution in [0.4, 0.5) is 0 Å². The lowest BCUT2D eigenvalue weighted by Crippen LogP contribution is -2.01. The summed E-state index contributed by atoms with van der Waals surface area (Å²) in [6.45, 7) is 7.23. The van der Waals surface area contributed by atoms with E-state index in [1.165, 1.54) is 13.1 Å². The first-order valence-corrected chi connectivity index (χ1v) is 4.29. The zero-order valence-electron chi connectivity index (χ0n) is 8.50. The predicted octanol–water partition coefficient (Wildman–Crippen LogP) is 2.34. The van der Waals surface area contributed by atoms with Crippen molar-refractivity contribution in [3.8, 4) is 5.75 Å². The van der Waals surface area contributed by atoms with Crippen molar-refractivity contribution in [3.05, 3.63) is 24.0 Å². The van der Waals surface area contributed by atoms with Crippen molar-refractivity contribution in [1.29, 1.82) is 0 Å². The monoisotopic (exact) mass is 181 g/mol. The van der Waals surface area contributed by atoms with Crippen LogP contribution in [0, 0.1) is 6.92 Å². The highest BCUT2D eigenvalue weighted by atomic mass is 16.5. The van der Waals surface area contributed by atoms with E-state index < -0.39 is 0 Å². The molecule has 0 aliphatic heterocycles. The van der Waals surface area contributed by atoms with Gasteiger partial charge in [-0.25, -0.2) is 0 Å². The number of hydrogen-bond donors (Lipinski definition) is 0. The largest absolute Gasteiger partial charge is 0.425 e. The van der Waals surface area contributed by atoms with Gasteiger partial charge in [-0.2, -0.15) is 0 Å². The number of rotatable bonds is 1. The Hall–Kier alpha value is -1.38. The number of nitrogens with zero attached hydrogens (tertiary/aromatic N) is 1. The molecule has 1 rings (SSSR count). The summed E-state index contributed by atoms with van der Waals surface area (Å²) in [6, 6.07) is 3.50. The van der Waals surface area contributed by atoms with Gasteiger partial charge in [-0.05, 0) is 19.1 Å². The molecule has 0 N–H and O–H groups in total. The van der Waals surface area contributed by atoms with E-state index in [-0.39, 0.29) is 5.97 Å². The minimum Gasteiger partial charge on any atom is -0.425 e. The molecule has 0 bridgehead atoms. The van der Waals surface area contributed by atoms with Gasteiger partial charge in [-0.15, -0.1) is 0 Å². The summed E-state index contributed by atoms with van der Waals surface area (Å²) in [7, 11) is 0. The molecule has 0 saturated carbocycles. The Morgan fingerprint density at radius 3 is 2.38 bits per heavy atom. The third-order valence-corrected chi connectivity index (χ3v) is 1.15. The molecular formula is C10H15NO2. The molecule has 0 radical (unpaired) electrons. The minimum absolute atomic E-state index is 0.323. The molecular weight excluding hydrogens is 166 g/mol. The van der Waals surface area contributed by atoms with Gasteiger partial charge in [0.15, 0.2) is 0 Å². The number of aromatic nitrogens is 1. The Labute approximate surface area is 78.8 Å². The van der Waals surface area contributed by atoms with Crippen molar-refractivity contribution in [2.75, 3.05) is 0 Å². The van der Waals surface area contributed by atoms with Crippen LogP contribution in [0.25, 0.3) is 0 Å². The molecule has 0 unspecified atom stereocenters. The van der Waals surface area contributed by atoms with Crippen molar-refractivity contribution in [3.63, 3.8) is 0 Å². The van der Waals surface area contributed by atoms with Crippen LogP contribution in [0.1, 0.15) is 26.5 Å². The van der Waals surface area contributed by atoms with Crippen LogP contribution >= 0.6 is 0 Å². The molecule has 3 heteroatoms. The first-order valence-electron chi connectivity index (χ1n) is 4.29. The van der Waals surface area contributed by atoms with Crippen molar-refractivity contribution >= 4 is 5.97 Å². The lowest BCUT2D eigenvalue weighted by molar-refractivity contribution is -0.131. The number of pyridine rings is 1. The lowest BCUT2D eigenvalue weighted by atomic mass is 10.4. The average molecular weight is 181 g/mol. The second kappa shape index (κ2) is 6.17. The molecule has 0 atom stereocenters. The summed E-state index contributed by atoms with van der Waals surface area (Å²) in [5, 5.41) is 0. The Morgan fingerprint density at radius 2 is 2.00 bits per heavy atom. The standard InChI is InChI=1S/C8H9NO2.C2H6/c1-6-3-4-8(5-9-6)11-7(2)10;1-2/h3-5H,1-2H3;1-2H3. The third-order valence-electron chi connectivity index (χ3n) is 1.15. The number of esters is 1. The van der Waals surface area contributed by atoms with Gasteiger partial charge in [0.2, 0.25) is 0 Å². The van der Waals surface area contributed by atoms with Crippen LogP contribution in [0.3, 0.4) is 0 Å². The molecule has 0 fully saturated rings. The van der Waals surface area contributed by atoms with E-state index in [0.29, 0.717) is 5.75 Å². The highest BCUT2D eigenvalue weighted by Gasteiger charge is 1.95. The fourth-order valence-electron chi connectivity index (χ4n) is 0.681. The Morgan fingerprint density at radius 1 is 1.38 bits per heavy atom. The van der Waals surface area contributed by atoms with Gasteiger partial charge in [-0.1, -0.05) is 13.8 Å². The molecule has 13 heavy (non-hydrogen) atoms. The SMILES string of the molecule is CC.CC(=O)Oc1ccc(C)nc1. The summed E-state index contributed by atoms with van der Waals surface area (Å²) in [6.07, 6.45) is 1.52. The maximum Gasteiger partial charge on any atom is 0.308 e. The van der Waals surface area contributed by atoms with Crippen LogP contribution in [0.15, 0.2) is 18.3 Å². The summed E-state index contributed by atoms with van der Waals surface area (Å²) in [5.41, 5.74) is 0.904. The third kappa shape index (κ3) is 4.95. The van der Waals surface area contributed by atoms with Crippen LogP contribution < -0.4 is 4.74 Å². The quantitative estimate of drug-likeness (QED) is 0.624. The smallest absolute Gasteiger partial charge is 0.308 e. The molecule has 1 aromatic rings. The van der Waals surface area contributed by atoms with E-state index >= 15 is 0 Å². The molecule has 0 amide bonds. The average Bonchev–Trinajstić information content (AvgIpc) is 2.12. The normalized spacial score (nSPS) is 8.31. The van der Waals surface area contributed by atoms with Crippen LogP contribution in [0.5, 0.6) is 5.75 Å². The highest BCUT2D eigenvalue weighted by molar-refractivity contribution is 5.69. The Balaban J connectivity index is 0.000000671. The van der Waals surface area contributed by atoms with Gasteiger partial charge in [0, 0.05) is 12.6 Å². The van der Waals surface area contributed by atoms with E-state index in [9.17, 15) is 4.79 Å². The molecule has 1 heterocycles. The number of aryl methyl sites for hydroxylation is 1. The molecule has 0 aliphatic carbocycles. The van der Waals surface area contributed by atoms with Crippen LogP contribution in [-0.4, -0.2) is 11.0 Å². The number of carbonyl (C=O) groups is 1. The minimum atomic E-state index is -0.323. The molecule has 0 spiro atoms. The number of carbonyl (C=O) groups excluding carboxylic acids is 1. The fourth-order valence-corrected chi connectivity index (χ4v) is 0.681. The van der Waals surface area contributed by atoms with Crippen LogP contribution in [0.2, 0.25) is 0 Å². The maximum absolute atomic E-state index is 10.4. The summed E-state index contributed by atoms with van der Waals surface area (Å²) in [4.78, 5) is 14.4. The fraction of sp³-hybridized carbons (Fsp3) is 0.400. The highest BCUT2D eigenvalue weighted by Crippen LogP contribution is 2.07. The van der Waals surface area contributed by atoms with Gasteiger partial charge in [0.1, 0.15) is 5.75 Å². The van der Waals surface area contributed by atoms with Gasteiger partial charge in [-0.3, -0.25) is 9.78 Å². The molecule has 3 nitrogen and oxygen atoms in total. The maximum atomic E-state index is 10.4. The number of ether oxygens (including phenoxy) is 1. The van der Waals surface area contributed by atoms with Crippen molar-refractivity contribution in [1.82, 2.24) is 4.98 Å². The molecule has 1 aromatic heterocycles. The summed E-state index contributed by atoms with van der Waals surface area (Å²) in [5.74, 6) is 0.166. The molecule has 72 valence electrons. The zero-order chi connectivity index (χ0) is 10.3. The Kier molecular flexibility index (Phi) is 5.52. The predicted molar refractivity (Wildman–Crippen MR) is 51.6 cm³/mol. The van der Waals surface area contributed by atoms with E-state index in [1.54, 1.807) is 12.1 Å². The van der Waals surface area contributed by atoms with Crippen molar-refractivity contribution in [2.24, 2.45) is 0 Å². The summed E-state index contributed by atoms with van der Waals surface area (Å²) >= 11 is 0. The van der Waals surface area contributed by atoms with E-state index in [1.807, 2.05) is 20.8 Å².